The van der Waals surface area contributed by atoms with Gasteiger partial charge in [-0.2, -0.15) is 0 Å². The van der Waals surface area contributed by atoms with Crippen LogP contribution in [0.25, 0.3) is 0 Å². The number of alkyl halides is 2. The second-order valence-corrected chi connectivity index (χ2v) is 4.20. The lowest BCUT2D eigenvalue weighted by atomic mass is 9.96. The molecule has 1 aromatic carbocycles. The number of benzene rings is 1. The predicted molar refractivity (Wildman–Crippen MR) is 56.2 cm³/mol. The summed E-state index contributed by atoms with van der Waals surface area (Å²) in [5, 5.41) is 3.27. The van der Waals surface area contributed by atoms with E-state index in [1.165, 1.54) is 12.1 Å². The molecule has 0 amide bonds. The molecular weight excluding hydrogens is 196 g/mol. The molecule has 82 valence electrons. The van der Waals surface area contributed by atoms with Crippen LogP contribution in [0.5, 0.6) is 0 Å². The van der Waals surface area contributed by atoms with Crippen LogP contribution in [0.3, 0.4) is 0 Å². The summed E-state index contributed by atoms with van der Waals surface area (Å²) in [5.74, 6) is -2.24. The minimum atomic E-state index is -2.73. The summed E-state index contributed by atoms with van der Waals surface area (Å²) < 4.78 is 25.9. The van der Waals surface area contributed by atoms with Crippen molar-refractivity contribution in [1.82, 2.24) is 5.32 Å². The highest BCUT2D eigenvalue weighted by atomic mass is 19.3. The number of nitrogens with one attached hydrogen (secondary N) is 1. The molecule has 3 heteroatoms. The minimum absolute atomic E-state index is 0.0946. The van der Waals surface area contributed by atoms with Crippen molar-refractivity contribution in [3.63, 3.8) is 0 Å². The van der Waals surface area contributed by atoms with Gasteiger partial charge in [-0.3, -0.25) is 0 Å². The second-order valence-electron chi connectivity index (χ2n) is 4.20. The van der Waals surface area contributed by atoms with E-state index < -0.39 is 5.92 Å². The molecule has 1 saturated heterocycles. The van der Waals surface area contributed by atoms with Crippen LogP contribution in [0, 0.1) is 0 Å². The molecule has 0 spiro atoms. The fourth-order valence-corrected chi connectivity index (χ4v) is 1.99. The molecular formula is C12H15F2N. The fraction of sp³-hybridized carbons (Fsp3) is 0.500. The zero-order valence-electron chi connectivity index (χ0n) is 8.76. The van der Waals surface area contributed by atoms with Crippen LogP contribution in [-0.2, 0) is 5.92 Å². The van der Waals surface area contributed by atoms with Gasteiger partial charge >= 0.3 is 0 Å². The molecule has 0 bridgehead atoms. The van der Waals surface area contributed by atoms with Gasteiger partial charge in [-0.05, 0) is 24.4 Å². The van der Waals surface area contributed by atoms with Crippen LogP contribution in [0.2, 0.25) is 0 Å². The van der Waals surface area contributed by atoms with Crippen LogP contribution in [-0.4, -0.2) is 13.1 Å². The number of rotatable bonds is 2. The highest BCUT2D eigenvalue weighted by Gasteiger charge is 2.24. The van der Waals surface area contributed by atoms with Crippen molar-refractivity contribution in [2.24, 2.45) is 0 Å². The van der Waals surface area contributed by atoms with E-state index in [1.54, 1.807) is 0 Å². The van der Waals surface area contributed by atoms with Gasteiger partial charge in [0, 0.05) is 19.0 Å². The second kappa shape index (κ2) is 3.89. The van der Waals surface area contributed by atoms with E-state index >= 15 is 0 Å². The quantitative estimate of drug-likeness (QED) is 0.793. The smallest absolute Gasteiger partial charge is 0.270 e. The molecule has 2 rings (SSSR count). The Morgan fingerprint density at radius 2 is 1.93 bits per heavy atom. The third-order valence-electron chi connectivity index (χ3n) is 2.95. The van der Waals surface area contributed by atoms with Gasteiger partial charge in [0.2, 0.25) is 0 Å². The molecule has 0 saturated carbocycles. The highest BCUT2D eigenvalue weighted by Crippen LogP contribution is 2.29. The number of halogens is 2. The molecule has 1 aromatic rings. The van der Waals surface area contributed by atoms with Gasteiger partial charge in [0.25, 0.3) is 5.92 Å². The van der Waals surface area contributed by atoms with E-state index in [4.69, 9.17) is 0 Å². The maximum absolute atomic E-state index is 13.0. The topological polar surface area (TPSA) is 12.0 Å². The van der Waals surface area contributed by atoms with Gasteiger partial charge in [0.05, 0.1) is 0 Å². The van der Waals surface area contributed by atoms with Gasteiger partial charge in [-0.25, -0.2) is 8.78 Å². The summed E-state index contributed by atoms with van der Waals surface area (Å²) in [4.78, 5) is 0. The van der Waals surface area contributed by atoms with Crippen molar-refractivity contribution in [3.8, 4) is 0 Å². The van der Waals surface area contributed by atoms with E-state index in [0.717, 1.165) is 32.0 Å². The monoisotopic (exact) mass is 211 g/mol. The van der Waals surface area contributed by atoms with E-state index in [-0.39, 0.29) is 5.56 Å². The highest BCUT2D eigenvalue weighted by molar-refractivity contribution is 5.28. The fourth-order valence-electron chi connectivity index (χ4n) is 1.99. The van der Waals surface area contributed by atoms with Crippen LogP contribution in [0.4, 0.5) is 8.78 Å². The molecule has 0 aliphatic carbocycles. The Bertz CT molecular complexity index is 320. The Morgan fingerprint density at radius 1 is 1.27 bits per heavy atom. The van der Waals surface area contributed by atoms with Crippen LogP contribution in [0.15, 0.2) is 24.3 Å². The maximum atomic E-state index is 13.0. The zero-order chi connectivity index (χ0) is 10.9. The molecule has 1 heterocycles. The summed E-state index contributed by atoms with van der Waals surface area (Å²) in [6.45, 7) is 2.91. The molecule has 1 fully saturated rings. The molecule has 1 nitrogen and oxygen atoms in total. The number of hydrogen-bond donors (Lipinski definition) is 1. The first kappa shape index (κ1) is 10.6. The summed E-state index contributed by atoms with van der Waals surface area (Å²) in [6.07, 6.45) is 1.10. The average Bonchev–Trinajstić information content (AvgIpc) is 2.69. The van der Waals surface area contributed by atoms with Crippen LogP contribution >= 0.6 is 0 Å². The van der Waals surface area contributed by atoms with E-state index in [1.807, 2.05) is 12.1 Å². The SMILES string of the molecule is CC(F)(F)c1ccc(C2CCNC2)cc1. The normalized spacial score (nSPS) is 21.9. The molecule has 1 atom stereocenters. The first-order valence-electron chi connectivity index (χ1n) is 5.26. The lowest BCUT2D eigenvalue weighted by Crippen LogP contribution is -2.09. The molecule has 1 unspecified atom stereocenters. The van der Waals surface area contributed by atoms with Gasteiger partial charge in [-0.1, -0.05) is 24.3 Å². The number of hydrogen-bond acceptors (Lipinski definition) is 1. The first-order valence-corrected chi connectivity index (χ1v) is 5.26. The molecule has 0 radical (unpaired) electrons. The van der Waals surface area contributed by atoms with Crippen molar-refractivity contribution in [2.45, 2.75) is 25.2 Å². The summed E-state index contributed by atoms with van der Waals surface area (Å²) in [5.41, 5.74) is 1.25. The first-order chi connectivity index (χ1) is 7.07. The Kier molecular flexibility index (Phi) is 2.74. The predicted octanol–water partition coefficient (Wildman–Crippen LogP) is 2.88. The van der Waals surface area contributed by atoms with Crippen molar-refractivity contribution >= 4 is 0 Å². The summed E-state index contributed by atoms with van der Waals surface area (Å²) in [7, 11) is 0. The van der Waals surface area contributed by atoms with Gasteiger partial charge in [0.1, 0.15) is 0 Å². The Hall–Kier alpha value is -0.960. The largest absolute Gasteiger partial charge is 0.316 e. The third-order valence-corrected chi connectivity index (χ3v) is 2.95. The minimum Gasteiger partial charge on any atom is -0.316 e. The Labute approximate surface area is 88.5 Å². The summed E-state index contributed by atoms with van der Waals surface area (Å²) in [6, 6.07) is 6.72. The standard InChI is InChI=1S/C12H15F2N/c1-12(13,14)11-4-2-9(3-5-11)10-6-7-15-8-10/h2-5,10,15H,6-8H2,1H3. The van der Waals surface area contributed by atoms with Crippen LogP contribution in [0.1, 0.15) is 30.4 Å². The van der Waals surface area contributed by atoms with Crippen molar-refractivity contribution < 1.29 is 8.78 Å². The molecule has 1 aliphatic heterocycles. The van der Waals surface area contributed by atoms with Crippen molar-refractivity contribution in [2.75, 3.05) is 13.1 Å². The molecule has 1 N–H and O–H groups in total. The molecule has 0 aromatic heterocycles. The van der Waals surface area contributed by atoms with Crippen molar-refractivity contribution in [1.29, 1.82) is 0 Å². The lowest BCUT2D eigenvalue weighted by molar-refractivity contribution is 0.0174. The summed E-state index contributed by atoms with van der Waals surface area (Å²) >= 11 is 0. The third kappa shape index (κ3) is 2.34. The average molecular weight is 211 g/mol. The zero-order valence-corrected chi connectivity index (χ0v) is 8.76. The maximum Gasteiger partial charge on any atom is 0.270 e. The Morgan fingerprint density at radius 3 is 2.40 bits per heavy atom. The molecule has 15 heavy (non-hydrogen) atoms. The van der Waals surface area contributed by atoms with E-state index in [0.29, 0.717) is 5.92 Å². The van der Waals surface area contributed by atoms with Gasteiger partial charge in [-0.15, -0.1) is 0 Å². The van der Waals surface area contributed by atoms with Gasteiger partial charge in [0.15, 0.2) is 0 Å². The van der Waals surface area contributed by atoms with E-state index in [2.05, 4.69) is 5.32 Å². The van der Waals surface area contributed by atoms with Gasteiger partial charge < -0.3 is 5.32 Å². The molecule has 1 aliphatic rings. The van der Waals surface area contributed by atoms with Crippen molar-refractivity contribution in [3.05, 3.63) is 35.4 Å². The van der Waals surface area contributed by atoms with Crippen LogP contribution < -0.4 is 5.32 Å². The lowest BCUT2D eigenvalue weighted by Gasteiger charge is -2.13. The van der Waals surface area contributed by atoms with E-state index in [9.17, 15) is 8.78 Å². The Balaban J connectivity index is 2.16.